The molecule has 5 nitrogen and oxygen atoms in total. The number of likely N-dealkylation sites (tertiary alicyclic amines) is 1. The fourth-order valence-electron chi connectivity index (χ4n) is 3.18. The zero-order valence-corrected chi connectivity index (χ0v) is 13.5. The Hall–Kier alpha value is -1.82. The molecule has 22 heavy (non-hydrogen) atoms. The molecular weight excluding hydrogens is 302 g/mol. The Morgan fingerprint density at radius 3 is 2.77 bits per heavy atom. The van der Waals surface area contributed by atoms with Gasteiger partial charge in [-0.25, -0.2) is 13.2 Å². The van der Waals surface area contributed by atoms with Crippen molar-refractivity contribution in [2.75, 3.05) is 13.7 Å². The number of hydrogen-bond acceptors (Lipinski definition) is 5. The third-order valence-corrected chi connectivity index (χ3v) is 5.86. The van der Waals surface area contributed by atoms with Crippen LogP contribution in [0, 0.1) is 0 Å². The van der Waals surface area contributed by atoms with Crippen molar-refractivity contribution in [2.45, 2.75) is 37.1 Å². The summed E-state index contributed by atoms with van der Waals surface area (Å²) in [6.07, 6.45) is 3.25. The minimum atomic E-state index is -3.43. The number of piperidine rings is 1. The molecule has 0 amide bonds. The van der Waals surface area contributed by atoms with E-state index in [1.165, 1.54) is 24.7 Å². The average Bonchev–Trinajstić information content (AvgIpc) is 2.78. The molecule has 2 aliphatic rings. The van der Waals surface area contributed by atoms with Gasteiger partial charge in [-0.3, -0.25) is 0 Å². The molecule has 118 valence electrons. The number of benzene rings is 1. The molecule has 1 aromatic carbocycles. The number of ether oxygens (including phenoxy) is 1. The topological polar surface area (TPSA) is 63.7 Å². The summed E-state index contributed by atoms with van der Waals surface area (Å²) in [6, 6.07) is 4.91. The Balaban J connectivity index is 2.09. The standard InChI is InChI=1S/C16H19NO4S/c1-11-5-3-4-8-17(11)14-10-22(19,20)15-7-6-12(9-13(14)15)16(18)21-2/h6-7,9-11H,3-5,8H2,1-2H3. The van der Waals surface area contributed by atoms with Gasteiger partial charge < -0.3 is 9.64 Å². The van der Waals surface area contributed by atoms with Crippen molar-refractivity contribution in [1.82, 2.24) is 4.90 Å². The fraction of sp³-hybridized carbons (Fsp3) is 0.438. The zero-order valence-electron chi connectivity index (χ0n) is 12.7. The molecule has 0 spiro atoms. The number of esters is 1. The lowest BCUT2D eigenvalue weighted by atomic mass is 10.0. The number of sulfone groups is 1. The van der Waals surface area contributed by atoms with Crippen molar-refractivity contribution < 1.29 is 17.9 Å². The van der Waals surface area contributed by atoms with Crippen molar-refractivity contribution >= 4 is 21.5 Å². The highest BCUT2D eigenvalue weighted by molar-refractivity contribution is 7.95. The predicted octanol–water partition coefficient (Wildman–Crippen LogP) is 2.43. The van der Waals surface area contributed by atoms with Gasteiger partial charge >= 0.3 is 5.97 Å². The Labute approximate surface area is 130 Å². The van der Waals surface area contributed by atoms with E-state index >= 15 is 0 Å². The molecule has 3 rings (SSSR count). The van der Waals surface area contributed by atoms with E-state index in [4.69, 9.17) is 4.74 Å². The maximum absolute atomic E-state index is 12.3. The highest BCUT2D eigenvalue weighted by Crippen LogP contribution is 2.38. The number of rotatable bonds is 2. The normalized spacial score (nSPS) is 22.9. The number of carbonyl (C=O) groups excluding carboxylic acids is 1. The van der Waals surface area contributed by atoms with Crippen LogP contribution in [0.2, 0.25) is 0 Å². The van der Waals surface area contributed by atoms with Gasteiger partial charge in [0.15, 0.2) is 0 Å². The number of carbonyl (C=O) groups is 1. The largest absolute Gasteiger partial charge is 0.465 e. The average molecular weight is 321 g/mol. The number of fused-ring (bicyclic) bond motifs is 1. The lowest BCUT2D eigenvalue weighted by Crippen LogP contribution is -2.35. The molecule has 0 aromatic heterocycles. The maximum atomic E-state index is 12.3. The van der Waals surface area contributed by atoms with Crippen molar-refractivity contribution in [1.29, 1.82) is 0 Å². The smallest absolute Gasteiger partial charge is 0.337 e. The van der Waals surface area contributed by atoms with Crippen LogP contribution in [0.5, 0.6) is 0 Å². The van der Waals surface area contributed by atoms with Crippen LogP contribution in [0.15, 0.2) is 28.5 Å². The third-order valence-electron chi connectivity index (χ3n) is 4.36. The summed E-state index contributed by atoms with van der Waals surface area (Å²) in [5, 5.41) is 1.33. The summed E-state index contributed by atoms with van der Waals surface area (Å²) in [7, 11) is -2.12. The first-order valence-electron chi connectivity index (χ1n) is 7.40. The second-order valence-electron chi connectivity index (χ2n) is 5.79. The van der Waals surface area contributed by atoms with Gasteiger partial charge in [0, 0.05) is 18.2 Å². The van der Waals surface area contributed by atoms with Crippen LogP contribution in [0.3, 0.4) is 0 Å². The molecule has 0 aliphatic carbocycles. The van der Waals surface area contributed by atoms with Crippen LogP contribution >= 0.6 is 0 Å². The molecule has 2 heterocycles. The van der Waals surface area contributed by atoms with E-state index < -0.39 is 15.8 Å². The van der Waals surface area contributed by atoms with Gasteiger partial charge in [0.2, 0.25) is 9.84 Å². The van der Waals surface area contributed by atoms with E-state index in [0.717, 1.165) is 25.8 Å². The second kappa shape index (κ2) is 5.43. The maximum Gasteiger partial charge on any atom is 0.337 e. The van der Waals surface area contributed by atoms with Crippen LogP contribution in [0.4, 0.5) is 0 Å². The molecular formula is C16H19NO4S. The summed E-state index contributed by atoms with van der Waals surface area (Å²) in [6.45, 7) is 2.94. The Morgan fingerprint density at radius 2 is 2.09 bits per heavy atom. The van der Waals surface area contributed by atoms with Crippen molar-refractivity contribution in [3.8, 4) is 0 Å². The molecule has 1 aromatic rings. The predicted molar refractivity (Wildman–Crippen MR) is 83.0 cm³/mol. The van der Waals surface area contributed by atoms with Crippen molar-refractivity contribution in [3.63, 3.8) is 0 Å². The van der Waals surface area contributed by atoms with Gasteiger partial charge in [0.25, 0.3) is 0 Å². The molecule has 1 unspecified atom stereocenters. The Morgan fingerprint density at radius 1 is 1.32 bits per heavy atom. The van der Waals surface area contributed by atoms with Crippen LogP contribution in [0.1, 0.15) is 42.1 Å². The molecule has 6 heteroatoms. The van der Waals surface area contributed by atoms with Crippen LogP contribution < -0.4 is 0 Å². The van der Waals surface area contributed by atoms with E-state index in [1.54, 1.807) is 6.07 Å². The van der Waals surface area contributed by atoms with Gasteiger partial charge in [-0.15, -0.1) is 0 Å². The number of methoxy groups -OCH3 is 1. The first-order chi connectivity index (χ1) is 10.4. The van der Waals surface area contributed by atoms with E-state index in [9.17, 15) is 13.2 Å². The summed E-state index contributed by atoms with van der Waals surface area (Å²) in [4.78, 5) is 14.1. The molecule has 1 atom stereocenters. The fourth-order valence-corrected chi connectivity index (χ4v) is 4.59. The highest BCUT2D eigenvalue weighted by Gasteiger charge is 2.33. The van der Waals surface area contributed by atoms with E-state index in [0.29, 0.717) is 22.9 Å². The van der Waals surface area contributed by atoms with E-state index in [2.05, 4.69) is 11.8 Å². The minimum Gasteiger partial charge on any atom is -0.465 e. The quantitative estimate of drug-likeness (QED) is 0.783. The SMILES string of the molecule is COC(=O)c1ccc2c(c1)C(N1CCCCC1C)=CS2(=O)=O. The van der Waals surface area contributed by atoms with Gasteiger partial charge in [0.05, 0.1) is 28.7 Å². The second-order valence-corrected chi connectivity index (χ2v) is 7.55. The lowest BCUT2D eigenvalue weighted by molar-refractivity contribution is 0.0600. The molecule has 0 saturated carbocycles. The van der Waals surface area contributed by atoms with Gasteiger partial charge in [0.1, 0.15) is 0 Å². The summed E-state index contributed by atoms with van der Waals surface area (Å²) >= 11 is 0. The first kappa shape index (κ1) is 15.1. The van der Waals surface area contributed by atoms with Crippen molar-refractivity contribution in [3.05, 3.63) is 34.7 Å². The van der Waals surface area contributed by atoms with Gasteiger partial charge in [-0.05, 0) is 44.4 Å². The molecule has 2 aliphatic heterocycles. The van der Waals surface area contributed by atoms with Gasteiger partial charge in [-0.1, -0.05) is 0 Å². The minimum absolute atomic E-state index is 0.271. The number of hydrogen-bond donors (Lipinski definition) is 0. The lowest BCUT2D eigenvalue weighted by Gasteiger charge is -2.36. The van der Waals surface area contributed by atoms with E-state index in [-0.39, 0.29) is 4.90 Å². The van der Waals surface area contributed by atoms with Crippen LogP contribution in [-0.4, -0.2) is 39.0 Å². The van der Waals surface area contributed by atoms with Crippen LogP contribution in [-0.2, 0) is 14.6 Å². The molecule has 0 radical (unpaired) electrons. The van der Waals surface area contributed by atoms with Crippen LogP contribution in [0.25, 0.3) is 5.70 Å². The zero-order chi connectivity index (χ0) is 15.9. The third kappa shape index (κ3) is 2.41. The first-order valence-corrected chi connectivity index (χ1v) is 8.95. The van der Waals surface area contributed by atoms with Crippen molar-refractivity contribution in [2.24, 2.45) is 0 Å². The Kier molecular flexibility index (Phi) is 3.72. The molecule has 0 bridgehead atoms. The summed E-state index contributed by atoms with van der Waals surface area (Å²) < 4.78 is 29.4. The van der Waals surface area contributed by atoms with Gasteiger partial charge in [-0.2, -0.15) is 0 Å². The summed E-state index contributed by atoms with van der Waals surface area (Å²) in [5.74, 6) is -0.460. The van der Waals surface area contributed by atoms with E-state index in [1.807, 2.05) is 0 Å². The summed E-state index contributed by atoms with van der Waals surface area (Å²) in [5.41, 5.74) is 1.68. The molecule has 0 N–H and O–H groups in total. The monoisotopic (exact) mass is 321 g/mol. The number of nitrogens with zero attached hydrogens (tertiary/aromatic N) is 1. The highest BCUT2D eigenvalue weighted by atomic mass is 32.2. The molecule has 1 fully saturated rings. The Bertz CT molecular complexity index is 751. The molecule has 1 saturated heterocycles.